The van der Waals surface area contributed by atoms with Crippen LogP contribution in [-0.2, 0) is 24.3 Å². The van der Waals surface area contributed by atoms with E-state index in [4.69, 9.17) is 14.7 Å². The van der Waals surface area contributed by atoms with E-state index in [-0.39, 0.29) is 4.90 Å². The molecule has 0 aromatic heterocycles. The molecule has 1 aromatic rings. The molecule has 1 aliphatic rings. The third-order valence-corrected chi connectivity index (χ3v) is 5.29. The molecule has 1 aromatic carbocycles. The van der Waals surface area contributed by atoms with E-state index in [1.54, 1.807) is 18.2 Å². The van der Waals surface area contributed by atoms with Gasteiger partial charge in [0.15, 0.2) is 6.10 Å². The van der Waals surface area contributed by atoms with Gasteiger partial charge in [0.05, 0.1) is 18.1 Å². The van der Waals surface area contributed by atoms with Crippen LogP contribution in [0.25, 0.3) is 6.08 Å². The molecular formula is C16H18N2O5S. The molecule has 1 atom stereocenters. The van der Waals surface area contributed by atoms with Crippen molar-refractivity contribution in [1.82, 2.24) is 4.31 Å². The van der Waals surface area contributed by atoms with Gasteiger partial charge in [-0.3, -0.25) is 0 Å². The average molecular weight is 350 g/mol. The van der Waals surface area contributed by atoms with Crippen molar-refractivity contribution < 1.29 is 22.7 Å². The van der Waals surface area contributed by atoms with E-state index in [1.807, 2.05) is 0 Å². The van der Waals surface area contributed by atoms with Crippen LogP contribution in [0.5, 0.6) is 0 Å². The summed E-state index contributed by atoms with van der Waals surface area (Å²) in [4.78, 5) is 11.6. The molecule has 0 N–H and O–H groups in total. The lowest BCUT2D eigenvalue weighted by Gasteiger charge is -2.26. The third-order valence-electron chi connectivity index (χ3n) is 3.37. The molecule has 1 saturated heterocycles. The summed E-state index contributed by atoms with van der Waals surface area (Å²) in [6.45, 7) is 2.93. The number of carbonyl (C=O) groups is 1. The molecule has 0 aliphatic carbocycles. The molecule has 24 heavy (non-hydrogen) atoms. The van der Waals surface area contributed by atoms with Crippen LogP contribution in [0.4, 0.5) is 0 Å². The Balaban J connectivity index is 2.05. The summed E-state index contributed by atoms with van der Waals surface area (Å²) >= 11 is 0. The van der Waals surface area contributed by atoms with Gasteiger partial charge in [0, 0.05) is 19.2 Å². The summed E-state index contributed by atoms with van der Waals surface area (Å²) in [6.07, 6.45) is 1.87. The number of nitriles is 1. The molecule has 0 bridgehead atoms. The molecule has 2 rings (SSSR count). The number of rotatable bonds is 5. The van der Waals surface area contributed by atoms with Gasteiger partial charge >= 0.3 is 5.97 Å². The molecule has 1 heterocycles. The lowest BCUT2D eigenvalue weighted by atomic mass is 10.2. The highest BCUT2D eigenvalue weighted by atomic mass is 32.2. The highest BCUT2D eigenvalue weighted by Gasteiger charge is 2.25. The van der Waals surface area contributed by atoms with E-state index in [9.17, 15) is 13.2 Å². The first-order valence-corrected chi connectivity index (χ1v) is 8.84. The average Bonchev–Trinajstić information content (AvgIpc) is 2.61. The zero-order valence-corrected chi connectivity index (χ0v) is 14.0. The molecule has 0 saturated carbocycles. The number of morpholine rings is 1. The van der Waals surface area contributed by atoms with Gasteiger partial charge in [-0.05, 0) is 30.7 Å². The van der Waals surface area contributed by atoms with E-state index in [0.717, 1.165) is 0 Å². The quantitative estimate of drug-likeness (QED) is 0.584. The highest BCUT2D eigenvalue weighted by Crippen LogP contribution is 2.18. The lowest BCUT2D eigenvalue weighted by molar-refractivity contribution is -0.139. The second-order valence-electron chi connectivity index (χ2n) is 5.13. The molecule has 0 amide bonds. The van der Waals surface area contributed by atoms with E-state index < -0.39 is 22.1 Å². The first-order valence-electron chi connectivity index (χ1n) is 7.40. The minimum absolute atomic E-state index is 0.197. The smallest absolute Gasteiger partial charge is 0.332 e. The van der Waals surface area contributed by atoms with Crippen molar-refractivity contribution in [3.63, 3.8) is 0 Å². The Morgan fingerprint density at radius 2 is 1.96 bits per heavy atom. The number of sulfonamides is 1. The molecule has 7 nitrogen and oxygen atoms in total. The normalized spacial score (nSPS) is 17.3. The Kier molecular flexibility index (Phi) is 6.09. The van der Waals surface area contributed by atoms with Crippen LogP contribution in [0.2, 0.25) is 0 Å². The number of esters is 1. The largest absolute Gasteiger partial charge is 0.444 e. The summed E-state index contributed by atoms with van der Waals surface area (Å²) in [5.41, 5.74) is 0.650. The Hall–Kier alpha value is -2.21. The summed E-state index contributed by atoms with van der Waals surface area (Å²) in [5, 5.41) is 8.56. The second kappa shape index (κ2) is 8.06. The van der Waals surface area contributed by atoms with Crippen LogP contribution in [0, 0.1) is 11.3 Å². The van der Waals surface area contributed by atoms with Gasteiger partial charge in [-0.15, -0.1) is 0 Å². The van der Waals surface area contributed by atoms with E-state index in [0.29, 0.717) is 31.9 Å². The number of ether oxygens (including phenoxy) is 2. The number of carbonyl (C=O) groups excluding carboxylic acids is 1. The fourth-order valence-corrected chi connectivity index (χ4v) is 3.50. The fraction of sp³-hybridized carbons (Fsp3) is 0.375. The van der Waals surface area contributed by atoms with Crippen LogP contribution in [0.15, 0.2) is 35.2 Å². The highest BCUT2D eigenvalue weighted by molar-refractivity contribution is 7.89. The van der Waals surface area contributed by atoms with Crippen molar-refractivity contribution >= 4 is 22.1 Å². The van der Waals surface area contributed by atoms with Crippen LogP contribution in [0.1, 0.15) is 12.5 Å². The predicted octanol–water partition coefficient (Wildman–Crippen LogP) is 1.18. The zero-order chi connectivity index (χ0) is 17.6. The summed E-state index contributed by atoms with van der Waals surface area (Å²) in [6, 6.07) is 7.98. The van der Waals surface area contributed by atoms with Gasteiger partial charge < -0.3 is 9.47 Å². The van der Waals surface area contributed by atoms with Gasteiger partial charge in [-0.25, -0.2) is 13.2 Å². The molecule has 8 heteroatoms. The minimum Gasteiger partial charge on any atom is -0.444 e. The molecule has 1 aliphatic heterocycles. The molecular weight excluding hydrogens is 332 g/mol. The van der Waals surface area contributed by atoms with Crippen molar-refractivity contribution in [2.45, 2.75) is 17.9 Å². The Bertz CT molecular complexity index is 744. The Morgan fingerprint density at radius 3 is 2.54 bits per heavy atom. The maximum atomic E-state index is 12.5. The van der Waals surface area contributed by atoms with Crippen LogP contribution >= 0.6 is 0 Å². The Labute approximate surface area is 141 Å². The standard InChI is InChI=1S/C16H18N2O5S/c1-13(12-17)23-16(19)7-4-14-2-5-15(6-3-14)24(20,21)18-8-10-22-11-9-18/h2-7,13H,8-11H2,1H3/b7-4+/t13-/m1/s1. The maximum Gasteiger partial charge on any atom is 0.332 e. The lowest BCUT2D eigenvalue weighted by Crippen LogP contribution is -2.40. The van der Waals surface area contributed by atoms with Crippen LogP contribution in [0.3, 0.4) is 0 Å². The summed E-state index contributed by atoms with van der Waals surface area (Å²) < 4.78 is 36.3. The summed E-state index contributed by atoms with van der Waals surface area (Å²) in [5.74, 6) is -0.630. The van der Waals surface area contributed by atoms with Crippen LogP contribution < -0.4 is 0 Å². The first-order chi connectivity index (χ1) is 11.4. The predicted molar refractivity (Wildman–Crippen MR) is 86.2 cm³/mol. The minimum atomic E-state index is -3.53. The van der Waals surface area contributed by atoms with E-state index in [1.165, 1.54) is 35.5 Å². The maximum absolute atomic E-state index is 12.5. The van der Waals surface area contributed by atoms with Gasteiger partial charge in [0.25, 0.3) is 0 Å². The molecule has 0 radical (unpaired) electrons. The monoisotopic (exact) mass is 350 g/mol. The van der Waals surface area contributed by atoms with E-state index >= 15 is 0 Å². The third kappa shape index (κ3) is 4.64. The van der Waals surface area contributed by atoms with Crippen molar-refractivity contribution in [3.8, 4) is 6.07 Å². The van der Waals surface area contributed by atoms with E-state index in [2.05, 4.69) is 0 Å². The zero-order valence-electron chi connectivity index (χ0n) is 13.2. The van der Waals surface area contributed by atoms with Crippen molar-refractivity contribution in [2.24, 2.45) is 0 Å². The van der Waals surface area contributed by atoms with Crippen molar-refractivity contribution in [1.29, 1.82) is 5.26 Å². The van der Waals surface area contributed by atoms with Gasteiger partial charge in [0.2, 0.25) is 10.0 Å². The second-order valence-corrected chi connectivity index (χ2v) is 7.06. The molecule has 0 spiro atoms. The fourth-order valence-electron chi connectivity index (χ4n) is 2.09. The molecule has 128 valence electrons. The number of hydrogen-bond donors (Lipinski definition) is 0. The van der Waals surface area contributed by atoms with Crippen molar-refractivity contribution in [3.05, 3.63) is 35.9 Å². The molecule has 1 fully saturated rings. The first kappa shape index (κ1) is 18.1. The van der Waals surface area contributed by atoms with Crippen LogP contribution in [-0.4, -0.2) is 51.1 Å². The van der Waals surface area contributed by atoms with Gasteiger partial charge in [-0.2, -0.15) is 9.57 Å². The SMILES string of the molecule is C[C@H](C#N)OC(=O)/C=C/c1ccc(S(=O)(=O)N2CCOCC2)cc1. The Morgan fingerprint density at radius 1 is 1.33 bits per heavy atom. The molecule has 0 unspecified atom stereocenters. The van der Waals surface area contributed by atoms with Crippen molar-refractivity contribution in [2.75, 3.05) is 26.3 Å². The number of benzene rings is 1. The summed E-state index contributed by atoms with van der Waals surface area (Å²) in [7, 11) is -3.53. The number of nitrogens with zero attached hydrogens (tertiary/aromatic N) is 2. The van der Waals surface area contributed by atoms with Gasteiger partial charge in [-0.1, -0.05) is 12.1 Å². The topological polar surface area (TPSA) is 96.7 Å². The van der Waals surface area contributed by atoms with Gasteiger partial charge in [0.1, 0.15) is 6.07 Å². The number of hydrogen-bond acceptors (Lipinski definition) is 6.